The van der Waals surface area contributed by atoms with Crippen LogP contribution in [0.25, 0.3) is 0 Å². The minimum absolute atomic E-state index is 0.252. The fourth-order valence-corrected chi connectivity index (χ4v) is 1.31. The van der Waals surface area contributed by atoms with Crippen LogP contribution in [0.5, 0.6) is 5.75 Å². The molecule has 0 aliphatic heterocycles. The maximum atomic E-state index is 11.9. The Morgan fingerprint density at radius 1 is 1.22 bits per heavy atom. The van der Waals surface area contributed by atoms with Crippen molar-refractivity contribution in [2.75, 3.05) is 27.7 Å². The van der Waals surface area contributed by atoms with Crippen LogP contribution in [-0.4, -0.2) is 52.8 Å². The molecule has 0 saturated carbocycles. The van der Waals surface area contributed by atoms with Crippen molar-refractivity contribution in [1.29, 1.82) is 0 Å². The summed E-state index contributed by atoms with van der Waals surface area (Å²) >= 11 is 0. The van der Waals surface area contributed by atoms with Crippen molar-refractivity contribution in [1.82, 2.24) is 4.90 Å². The first-order valence-electron chi connectivity index (χ1n) is 6.95. The summed E-state index contributed by atoms with van der Waals surface area (Å²) in [6.07, 6.45) is -4.08. The van der Waals surface area contributed by atoms with Gasteiger partial charge in [-0.25, -0.2) is 0 Å². The van der Waals surface area contributed by atoms with Crippen LogP contribution in [0.15, 0.2) is 24.3 Å². The quantitative estimate of drug-likeness (QED) is 0.614. The molecule has 8 heteroatoms. The van der Waals surface area contributed by atoms with Gasteiger partial charge in [0, 0.05) is 5.82 Å². The summed E-state index contributed by atoms with van der Waals surface area (Å²) in [7, 11) is 11.6. The zero-order valence-electron chi connectivity index (χ0n) is 13.7. The Balaban J connectivity index is 0.00000108. The lowest BCUT2D eigenvalue weighted by Crippen LogP contribution is -2.18. The van der Waals surface area contributed by atoms with Crippen molar-refractivity contribution in [3.05, 3.63) is 29.8 Å². The third kappa shape index (κ3) is 10.6. The number of hydrogen-bond donors (Lipinski definition) is 0. The fourth-order valence-electron chi connectivity index (χ4n) is 1.31. The number of ether oxygens (including phenoxy) is 2. The number of carbonyl (C=O) groups is 1. The Morgan fingerprint density at radius 3 is 2.09 bits per heavy atom. The Labute approximate surface area is 136 Å². The average molecular weight is 331 g/mol. The number of carbonyl (C=O) groups excluding carboxylic acids is 1. The first kappa shape index (κ1) is 21.3. The van der Waals surface area contributed by atoms with Crippen molar-refractivity contribution >= 4 is 13.8 Å². The number of alkyl halides is 3. The number of esters is 1. The van der Waals surface area contributed by atoms with E-state index in [1.54, 1.807) is 0 Å². The number of halogens is 3. The van der Waals surface area contributed by atoms with E-state index in [4.69, 9.17) is 12.6 Å². The molecule has 0 saturated heterocycles. The minimum Gasteiger partial charge on any atom is -0.466 e. The molecule has 0 bridgehead atoms. The molecule has 0 aliphatic rings. The van der Waals surface area contributed by atoms with Crippen LogP contribution in [0.1, 0.15) is 24.7 Å². The van der Waals surface area contributed by atoms with E-state index in [0.29, 0.717) is 12.0 Å². The summed E-state index contributed by atoms with van der Waals surface area (Å²) in [6, 6.07) is 4.77. The predicted octanol–water partition coefficient (Wildman–Crippen LogP) is 2.93. The molecule has 0 aromatic heterocycles. The van der Waals surface area contributed by atoms with Gasteiger partial charge in [0.2, 0.25) is 0 Å². The average Bonchev–Trinajstić information content (AvgIpc) is 2.42. The zero-order valence-corrected chi connectivity index (χ0v) is 13.7. The maximum absolute atomic E-state index is 11.9. The normalized spacial score (nSPS) is 12.2. The van der Waals surface area contributed by atoms with Crippen LogP contribution < -0.4 is 4.74 Å². The summed E-state index contributed by atoms with van der Waals surface area (Å²) in [5.41, 5.74) is 0.357. The lowest BCUT2D eigenvalue weighted by Gasteiger charge is -2.13. The summed E-state index contributed by atoms with van der Waals surface area (Å²) in [5.74, 6) is -2.01. The Bertz CT molecular complexity index is 461. The molecule has 0 N–H and O–H groups in total. The minimum atomic E-state index is -4.75. The second kappa shape index (κ2) is 10.1. The lowest BCUT2D eigenvalue weighted by atomic mass is 9.81. The van der Waals surface area contributed by atoms with Crippen molar-refractivity contribution in [3.63, 3.8) is 0 Å². The van der Waals surface area contributed by atoms with E-state index in [2.05, 4.69) is 4.74 Å². The topological polar surface area (TPSA) is 38.8 Å². The van der Waals surface area contributed by atoms with Gasteiger partial charge in [0.25, 0.3) is 0 Å². The van der Waals surface area contributed by atoms with Crippen LogP contribution >= 0.6 is 0 Å². The first-order chi connectivity index (χ1) is 10.6. The third-order valence-corrected chi connectivity index (χ3v) is 2.18. The van der Waals surface area contributed by atoms with Gasteiger partial charge in [-0.1, -0.05) is 19.1 Å². The smallest absolute Gasteiger partial charge is 0.466 e. The number of hydrogen-bond acceptors (Lipinski definition) is 4. The molecule has 0 fully saturated rings. The number of rotatable bonds is 5. The Hall–Kier alpha value is -1.70. The van der Waals surface area contributed by atoms with E-state index >= 15 is 0 Å². The van der Waals surface area contributed by atoms with Crippen LogP contribution in [0.2, 0.25) is 0 Å². The maximum Gasteiger partial charge on any atom is 0.573 e. The van der Waals surface area contributed by atoms with Crippen molar-refractivity contribution in [2.45, 2.75) is 25.5 Å². The van der Waals surface area contributed by atoms with Crippen LogP contribution in [0.3, 0.4) is 0 Å². The largest absolute Gasteiger partial charge is 0.573 e. The van der Waals surface area contributed by atoms with Gasteiger partial charge < -0.3 is 14.4 Å². The second-order valence-corrected chi connectivity index (χ2v) is 5.10. The van der Waals surface area contributed by atoms with Gasteiger partial charge >= 0.3 is 12.3 Å². The molecule has 23 heavy (non-hydrogen) atoms. The van der Waals surface area contributed by atoms with Crippen molar-refractivity contribution < 1.29 is 27.4 Å². The summed E-state index contributed by atoms with van der Waals surface area (Å²) in [4.78, 5) is 13.5. The number of nitrogens with zero attached hydrogens (tertiary/aromatic N) is 1. The van der Waals surface area contributed by atoms with Crippen molar-refractivity contribution in [3.8, 4) is 5.75 Å². The van der Waals surface area contributed by atoms with E-state index < -0.39 is 18.1 Å². The molecule has 128 valence electrons. The summed E-state index contributed by atoms with van der Waals surface area (Å²) in [6.45, 7) is 2.09. The van der Waals surface area contributed by atoms with Crippen molar-refractivity contribution in [2.24, 2.45) is 0 Å². The van der Waals surface area contributed by atoms with Gasteiger partial charge in [0.1, 0.15) is 5.75 Å². The summed E-state index contributed by atoms with van der Waals surface area (Å²) < 4.78 is 44.4. The predicted molar refractivity (Wildman–Crippen MR) is 82.5 cm³/mol. The van der Waals surface area contributed by atoms with Gasteiger partial charge in [-0.2, -0.15) is 0 Å². The fraction of sp³-hybridized carbons (Fsp3) is 0.533. The highest BCUT2D eigenvalue weighted by Gasteiger charge is 2.31. The van der Waals surface area contributed by atoms with E-state index in [9.17, 15) is 18.0 Å². The monoisotopic (exact) mass is 331 g/mol. The second-order valence-electron chi connectivity index (χ2n) is 5.10. The highest BCUT2D eigenvalue weighted by molar-refractivity contribution is 6.23. The molecule has 0 heterocycles. The molecular formula is C15H21BF3NO3. The molecule has 0 amide bonds. The third-order valence-electron chi connectivity index (χ3n) is 2.18. The van der Waals surface area contributed by atoms with E-state index in [1.165, 1.54) is 12.1 Å². The van der Waals surface area contributed by atoms with Gasteiger partial charge in [-0.3, -0.25) is 4.79 Å². The number of benzene rings is 1. The molecule has 1 unspecified atom stereocenters. The zero-order chi connectivity index (χ0) is 18.0. The lowest BCUT2D eigenvalue weighted by molar-refractivity contribution is -0.274. The van der Waals surface area contributed by atoms with Gasteiger partial charge in [-0.15, -0.1) is 13.2 Å². The Kier molecular flexibility index (Phi) is 9.40. The highest BCUT2D eigenvalue weighted by Crippen LogP contribution is 2.24. The van der Waals surface area contributed by atoms with Crippen LogP contribution in [0.4, 0.5) is 13.2 Å². The summed E-state index contributed by atoms with van der Waals surface area (Å²) in [5, 5.41) is 0. The first-order valence-corrected chi connectivity index (χ1v) is 6.95. The molecule has 4 nitrogen and oxygen atoms in total. The molecule has 1 atom stereocenters. The molecule has 1 aromatic rings. The van der Waals surface area contributed by atoms with E-state index in [1.807, 2.05) is 33.0 Å². The molecular weight excluding hydrogens is 310 g/mol. The molecule has 0 aliphatic carbocycles. The molecule has 2 radical (unpaired) electrons. The highest BCUT2D eigenvalue weighted by atomic mass is 19.4. The molecule has 1 aromatic carbocycles. The van der Waals surface area contributed by atoms with E-state index in [0.717, 1.165) is 12.1 Å². The van der Waals surface area contributed by atoms with Crippen LogP contribution in [-0.2, 0) is 9.53 Å². The van der Waals surface area contributed by atoms with Crippen LogP contribution in [0, 0.1) is 0 Å². The van der Waals surface area contributed by atoms with Gasteiger partial charge in [-0.05, 0) is 45.3 Å². The Morgan fingerprint density at radius 2 is 1.70 bits per heavy atom. The molecule has 1 rings (SSSR count). The SMILES string of the molecule is CN(C)C.[B]C(C(=O)OCCC)c1ccc(OC(F)(F)F)cc1. The van der Waals surface area contributed by atoms with Gasteiger partial charge in [0.05, 0.1) is 14.5 Å². The van der Waals surface area contributed by atoms with E-state index in [-0.39, 0.29) is 12.4 Å². The van der Waals surface area contributed by atoms with Gasteiger partial charge in [0.15, 0.2) is 0 Å². The standard InChI is InChI=1S/C12H12BF3O3.C3H9N/c1-2-7-18-11(17)10(13)8-3-5-9(6-4-8)19-12(14,15)16;1-4(2)3/h3-6,10H,2,7H2,1H3;1-3H3. The molecule has 0 spiro atoms.